The summed E-state index contributed by atoms with van der Waals surface area (Å²) in [6, 6.07) is 3.38. The van der Waals surface area contributed by atoms with Gasteiger partial charge in [0.05, 0.1) is 33.6 Å². The Morgan fingerprint density at radius 2 is 1.87 bits per heavy atom. The first-order chi connectivity index (χ1) is 14.6. The highest BCUT2D eigenvalue weighted by Gasteiger charge is 2.72. The molecule has 0 saturated carbocycles. The smallest absolute Gasteiger partial charge is 0.305 e. The molecule has 3 heterocycles. The van der Waals surface area contributed by atoms with Crippen LogP contribution in [0.2, 0.25) is 5.02 Å². The third-order valence-corrected chi connectivity index (χ3v) is 5.69. The number of nitro groups is 1. The average molecular weight is 451 g/mol. The van der Waals surface area contributed by atoms with E-state index in [0.717, 1.165) is 30.9 Å². The minimum absolute atomic E-state index is 0.0425. The molecule has 0 aromatic heterocycles. The molecule has 1 aromatic rings. The molecular weight excluding hydrogens is 436 g/mol. The lowest BCUT2D eigenvalue weighted by molar-refractivity contribution is -0.384. The van der Waals surface area contributed by atoms with Crippen LogP contribution in [0.4, 0.5) is 11.4 Å². The molecule has 1 aromatic carbocycles. The molecule has 4 rings (SSSR count). The Morgan fingerprint density at radius 3 is 2.45 bits per heavy atom. The van der Waals surface area contributed by atoms with Crippen LogP contribution >= 0.6 is 11.6 Å². The Kier molecular flexibility index (Phi) is 4.82. The van der Waals surface area contributed by atoms with E-state index in [-0.39, 0.29) is 16.4 Å². The molecule has 0 spiro atoms. The second-order valence-corrected chi connectivity index (χ2v) is 7.66. The number of benzene rings is 1. The summed E-state index contributed by atoms with van der Waals surface area (Å²) in [5.41, 5.74) is -2.23. The van der Waals surface area contributed by atoms with Gasteiger partial charge in [-0.1, -0.05) is 17.7 Å². The van der Waals surface area contributed by atoms with Crippen LogP contribution in [0.1, 0.15) is 13.8 Å². The molecule has 162 valence electrons. The van der Waals surface area contributed by atoms with Gasteiger partial charge in [-0.15, -0.1) is 0 Å². The summed E-state index contributed by atoms with van der Waals surface area (Å²) >= 11 is 6.14. The number of amides is 2. The second kappa shape index (κ2) is 7.13. The van der Waals surface area contributed by atoms with E-state index >= 15 is 0 Å². The fraction of sp³-hybridized carbons (Fsp3) is 0.368. The van der Waals surface area contributed by atoms with Crippen LogP contribution < -0.4 is 4.90 Å². The molecule has 3 aliphatic heterocycles. The Morgan fingerprint density at radius 1 is 1.23 bits per heavy atom. The van der Waals surface area contributed by atoms with Crippen LogP contribution in [0.3, 0.4) is 0 Å². The van der Waals surface area contributed by atoms with Crippen LogP contribution in [0.25, 0.3) is 0 Å². The standard InChI is InChI=1S/C19H15ClN2O9/c1-8(23)29-18(30-9(2)24)19-6-5-13(31-19)14-15(19)17(26)21(16(14)25)12-7-10(22(27)28)3-4-11(12)20/h3-7,13-15,18H,1-2H3. The van der Waals surface area contributed by atoms with Crippen LogP contribution in [0.5, 0.6) is 0 Å². The van der Waals surface area contributed by atoms with Crippen molar-refractivity contribution in [3.8, 4) is 0 Å². The number of halogens is 1. The maximum absolute atomic E-state index is 13.4. The van der Waals surface area contributed by atoms with E-state index in [2.05, 4.69) is 0 Å². The number of carbonyl (C=O) groups excluding carboxylic acids is 4. The summed E-state index contributed by atoms with van der Waals surface area (Å²) in [6.45, 7) is 2.18. The largest absolute Gasteiger partial charge is 0.422 e. The van der Waals surface area contributed by atoms with Gasteiger partial charge in [0.1, 0.15) is 0 Å². The van der Waals surface area contributed by atoms with Gasteiger partial charge in [0.2, 0.25) is 11.8 Å². The SMILES string of the molecule is CC(=O)OC(OC(C)=O)C12C=CC(O1)C1C(=O)N(c3cc([N+](=O)[O-])ccc3Cl)C(=O)C12. The lowest BCUT2D eigenvalue weighted by Gasteiger charge is -2.34. The second-order valence-electron chi connectivity index (χ2n) is 7.25. The van der Waals surface area contributed by atoms with Crippen molar-refractivity contribution in [1.82, 2.24) is 0 Å². The van der Waals surface area contributed by atoms with E-state index < -0.39 is 58.5 Å². The molecule has 0 aliphatic carbocycles. The van der Waals surface area contributed by atoms with E-state index in [1.165, 1.54) is 18.2 Å². The molecule has 2 fully saturated rings. The molecule has 0 N–H and O–H groups in total. The molecule has 2 amide bonds. The summed E-state index contributed by atoms with van der Waals surface area (Å²) in [5.74, 6) is -5.25. The summed E-state index contributed by atoms with van der Waals surface area (Å²) < 4.78 is 16.1. The monoisotopic (exact) mass is 450 g/mol. The Hall–Kier alpha value is -3.31. The highest BCUT2D eigenvalue weighted by molar-refractivity contribution is 6.36. The van der Waals surface area contributed by atoms with Crippen LogP contribution in [0.15, 0.2) is 30.4 Å². The number of anilines is 1. The van der Waals surface area contributed by atoms with Crippen LogP contribution in [-0.2, 0) is 33.4 Å². The molecule has 4 atom stereocenters. The topological polar surface area (TPSA) is 142 Å². The van der Waals surface area contributed by atoms with Gasteiger partial charge >= 0.3 is 11.9 Å². The number of carbonyl (C=O) groups is 4. The van der Waals surface area contributed by atoms with Gasteiger partial charge in [-0.05, 0) is 12.1 Å². The zero-order chi connectivity index (χ0) is 22.7. The minimum atomic E-state index is -1.72. The van der Waals surface area contributed by atoms with Gasteiger partial charge in [-0.25, -0.2) is 4.90 Å². The van der Waals surface area contributed by atoms with Crippen molar-refractivity contribution in [2.24, 2.45) is 11.8 Å². The Labute approximate surface area is 179 Å². The van der Waals surface area contributed by atoms with E-state index in [9.17, 15) is 29.3 Å². The predicted octanol–water partition coefficient (Wildman–Crippen LogP) is 1.51. The number of hydrogen-bond donors (Lipinski definition) is 0. The number of ether oxygens (including phenoxy) is 3. The lowest BCUT2D eigenvalue weighted by Crippen LogP contribution is -2.52. The van der Waals surface area contributed by atoms with Crippen molar-refractivity contribution in [2.45, 2.75) is 31.8 Å². The fourth-order valence-corrected chi connectivity index (χ4v) is 4.44. The van der Waals surface area contributed by atoms with Crippen molar-refractivity contribution >= 4 is 46.7 Å². The number of esters is 2. The molecule has 2 saturated heterocycles. The number of rotatable bonds is 5. The summed E-state index contributed by atoms with van der Waals surface area (Å²) in [4.78, 5) is 61.0. The van der Waals surface area contributed by atoms with Gasteiger partial charge < -0.3 is 14.2 Å². The van der Waals surface area contributed by atoms with Crippen molar-refractivity contribution in [3.05, 3.63) is 45.5 Å². The van der Waals surface area contributed by atoms with Crippen molar-refractivity contribution in [3.63, 3.8) is 0 Å². The van der Waals surface area contributed by atoms with Crippen molar-refractivity contribution < 1.29 is 38.3 Å². The van der Waals surface area contributed by atoms with Crippen LogP contribution in [-0.4, -0.2) is 46.7 Å². The Bertz CT molecular complexity index is 1050. The van der Waals surface area contributed by atoms with Gasteiger partial charge in [0, 0.05) is 26.0 Å². The van der Waals surface area contributed by atoms with E-state index in [1.54, 1.807) is 0 Å². The Balaban J connectivity index is 1.78. The van der Waals surface area contributed by atoms with Gasteiger partial charge in [-0.3, -0.25) is 29.3 Å². The highest BCUT2D eigenvalue weighted by Crippen LogP contribution is 2.55. The van der Waals surface area contributed by atoms with Gasteiger partial charge in [0.15, 0.2) is 5.60 Å². The van der Waals surface area contributed by atoms with E-state index in [1.807, 2.05) is 0 Å². The van der Waals surface area contributed by atoms with Gasteiger partial charge in [0.25, 0.3) is 12.0 Å². The number of nitrogens with zero attached hydrogens (tertiary/aromatic N) is 2. The molecular formula is C19H15ClN2O9. The van der Waals surface area contributed by atoms with E-state index in [4.69, 9.17) is 25.8 Å². The number of fused-ring (bicyclic) bond motifs is 5. The number of non-ortho nitro benzene ring substituents is 1. The molecule has 0 radical (unpaired) electrons. The number of imide groups is 1. The lowest BCUT2D eigenvalue weighted by atomic mass is 9.76. The molecule has 4 unspecified atom stereocenters. The third kappa shape index (κ3) is 3.08. The maximum Gasteiger partial charge on any atom is 0.305 e. The number of nitro benzene ring substituents is 1. The molecule has 12 heteroatoms. The molecule has 11 nitrogen and oxygen atoms in total. The first-order valence-electron chi connectivity index (χ1n) is 9.10. The molecule has 31 heavy (non-hydrogen) atoms. The highest BCUT2D eigenvalue weighted by atomic mass is 35.5. The van der Waals surface area contributed by atoms with Crippen LogP contribution in [0, 0.1) is 22.0 Å². The molecule has 2 bridgehead atoms. The van der Waals surface area contributed by atoms with Crippen molar-refractivity contribution in [1.29, 1.82) is 0 Å². The quantitative estimate of drug-likeness (QED) is 0.163. The summed E-state index contributed by atoms with van der Waals surface area (Å²) in [5, 5.41) is 11.1. The van der Waals surface area contributed by atoms with Gasteiger partial charge in [-0.2, -0.15) is 0 Å². The molecule has 3 aliphatic rings. The number of hydrogen-bond acceptors (Lipinski definition) is 9. The first-order valence-corrected chi connectivity index (χ1v) is 9.48. The average Bonchev–Trinajstić information content (AvgIpc) is 3.32. The maximum atomic E-state index is 13.4. The van der Waals surface area contributed by atoms with E-state index in [0.29, 0.717) is 0 Å². The predicted molar refractivity (Wildman–Crippen MR) is 102 cm³/mol. The van der Waals surface area contributed by atoms with Crippen molar-refractivity contribution in [2.75, 3.05) is 4.90 Å². The third-order valence-electron chi connectivity index (χ3n) is 5.37. The summed E-state index contributed by atoms with van der Waals surface area (Å²) in [7, 11) is 0. The first kappa shape index (κ1) is 20.9. The normalized spacial score (nSPS) is 28.3. The zero-order valence-electron chi connectivity index (χ0n) is 16.1. The summed E-state index contributed by atoms with van der Waals surface area (Å²) in [6.07, 6.45) is 0.484. The fourth-order valence-electron chi connectivity index (χ4n) is 4.24. The zero-order valence-corrected chi connectivity index (χ0v) is 16.9. The minimum Gasteiger partial charge on any atom is -0.422 e.